The molecule has 5 nitrogen and oxygen atoms in total. The van der Waals surface area contributed by atoms with Gasteiger partial charge in [0.2, 0.25) is 0 Å². The summed E-state index contributed by atoms with van der Waals surface area (Å²) >= 11 is 0. The van der Waals surface area contributed by atoms with Gasteiger partial charge >= 0.3 is 0 Å². The number of aromatic hydroxyl groups is 1. The Morgan fingerprint density at radius 2 is 1.75 bits per heavy atom. The summed E-state index contributed by atoms with van der Waals surface area (Å²) in [5.41, 5.74) is 2.00. The highest BCUT2D eigenvalue weighted by atomic mass is 19.1. The Morgan fingerprint density at radius 3 is 2.44 bits per heavy atom. The second-order valence-electron chi connectivity index (χ2n) is 9.66. The number of hydrogen-bond acceptors (Lipinski definition) is 4. The molecule has 4 rings (SSSR count). The molecule has 7 heteroatoms. The average Bonchev–Trinajstić information content (AvgIpc) is 2.85. The number of amides is 1. The third-order valence-electron chi connectivity index (χ3n) is 6.56. The van der Waals surface area contributed by atoms with Crippen molar-refractivity contribution in [1.82, 2.24) is 15.2 Å². The minimum absolute atomic E-state index is 0.0886. The molecule has 0 saturated carbocycles. The van der Waals surface area contributed by atoms with Gasteiger partial charge in [-0.3, -0.25) is 4.79 Å². The fraction of sp³-hybridized carbons (Fsp3) is 0.310. The van der Waals surface area contributed by atoms with Crippen LogP contribution in [0.2, 0.25) is 0 Å². The van der Waals surface area contributed by atoms with Gasteiger partial charge in [-0.1, -0.05) is 24.0 Å². The summed E-state index contributed by atoms with van der Waals surface area (Å²) in [4.78, 5) is 20.0. The molecule has 0 spiro atoms. The van der Waals surface area contributed by atoms with Crippen LogP contribution in [0.4, 0.5) is 8.78 Å². The van der Waals surface area contributed by atoms with Gasteiger partial charge in [-0.2, -0.15) is 0 Å². The quantitative estimate of drug-likeness (QED) is 0.508. The Kier molecular flexibility index (Phi) is 7.37. The van der Waals surface area contributed by atoms with Gasteiger partial charge in [-0.15, -0.1) is 0 Å². The van der Waals surface area contributed by atoms with E-state index in [1.165, 1.54) is 30.3 Å². The zero-order valence-corrected chi connectivity index (χ0v) is 20.6. The Bertz CT molecular complexity index is 1320. The molecule has 2 N–H and O–H groups in total. The molecule has 1 saturated heterocycles. The minimum Gasteiger partial charge on any atom is -0.508 e. The van der Waals surface area contributed by atoms with E-state index in [9.17, 15) is 18.7 Å². The molecular formula is C29H29F2N3O2. The highest BCUT2D eigenvalue weighted by molar-refractivity contribution is 5.93. The molecule has 0 radical (unpaired) electrons. The number of aryl methyl sites for hydroxylation is 1. The first-order valence-electron chi connectivity index (χ1n) is 11.9. The molecule has 1 fully saturated rings. The van der Waals surface area contributed by atoms with Crippen molar-refractivity contribution in [2.45, 2.75) is 32.7 Å². The lowest BCUT2D eigenvalue weighted by Crippen LogP contribution is -2.35. The van der Waals surface area contributed by atoms with Crippen LogP contribution >= 0.6 is 0 Å². The Balaban J connectivity index is 1.64. The Hall–Kier alpha value is -3.76. The van der Waals surface area contributed by atoms with Crippen LogP contribution in [-0.4, -0.2) is 41.0 Å². The van der Waals surface area contributed by atoms with Crippen LogP contribution in [0.1, 0.15) is 58.7 Å². The Labute approximate surface area is 210 Å². The third-order valence-corrected chi connectivity index (χ3v) is 6.56. The van der Waals surface area contributed by atoms with E-state index in [1.54, 1.807) is 13.0 Å². The number of piperidine rings is 1. The van der Waals surface area contributed by atoms with Gasteiger partial charge in [0, 0.05) is 22.2 Å². The summed E-state index contributed by atoms with van der Waals surface area (Å²) < 4.78 is 27.6. The number of pyridine rings is 1. The zero-order chi connectivity index (χ0) is 25.9. The summed E-state index contributed by atoms with van der Waals surface area (Å²) in [6, 6.07) is 11.5. The van der Waals surface area contributed by atoms with Gasteiger partial charge in [0.25, 0.3) is 5.91 Å². The lowest BCUT2D eigenvalue weighted by Gasteiger charge is -2.33. The molecule has 1 unspecified atom stereocenters. The van der Waals surface area contributed by atoms with Crippen LogP contribution < -0.4 is 5.32 Å². The van der Waals surface area contributed by atoms with E-state index in [4.69, 9.17) is 0 Å². The number of likely N-dealkylation sites (tertiary alicyclic amines) is 1. The zero-order valence-electron chi connectivity index (χ0n) is 20.6. The average molecular weight is 490 g/mol. The van der Waals surface area contributed by atoms with Gasteiger partial charge in [0.1, 0.15) is 23.1 Å². The lowest BCUT2D eigenvalue weighted by atomic mass is 9.81. The van der Waals surface area contributed by atoms with Crippen LogP contribution in [0, 0.1) is 35.8 Å². The standard InChI is InChI=1S/C29H29F2N3O2/c1-19-16-20(10-11-29(2)12-14-34(3)15-13-29)17-25(32-19)28(36)33-27(21-4-6-22(30)7-5-21)24-18-23(31)8-9-26(24)35/h4-9,16-18,27,35H,12-15H2,1-3H3,(H,33,36). The van der Waals surface area contributed by atoms with E-state index in [-0.39, 0.29) is 22.4 Å². The number of benzene rings is 2. The van der Waals surface area contributed by atoms with Gasteiger partial charge in [-0.05, 0) is 94.9 Å². The van der Waals surface area contributed by atoms with E-state index in [1.807, 2.05) is 6.07 Å². The van der Waals surface area contributed by atoms with Crippen molar-refractivity contribution in [2.24, 2.45) is 5.41 Å². The van der Waals surface area contributed by atoms with Gasteiger partial charge in [-0.25, -0.2) is 13.8 Å². The molecule has 1 amide bonds. The molecule has 36 heavy (non-hydrogen) atoms. The van der Waals surface area contributed by atoms with Crippen molar-refractivity contribution >= 4 is 5.91 Å². The van der Waals surface area contributed by atoms with Gasteiger partial charge in [0.05, 0.1) is 6.04 Å². The number of aromatic nitrogens is 1. The molecule has 1 aliphatic heterocycles. The molecule has 1 aliphatic rings. The Morgan fingerprint density at radius 1 is 1.08 bits per heavy atom. The van der Waals surface area contributed by atoms with E-state index in [0.717, 1.165) is 38.1 Å². The molecule has 186 valence electrons. The van der Waals surface area contributed by atoms with Crippen molar-refractivity contribution in [3.63, 3.8) is 0 Å². The summed E-state index contributed by atoms with van der Waals surface area (Å²) in [7, 11) is 2.10. The summed E-state index contributed by atoms with van der Waals surface area (Å²) in [5.74, 6) is 4.88. The van der Waals surface area contributed by atoms with Crippen molar-refractivity contribution in [2.75, 3.05) is 20.1 Å². The van der Waals surface area contributed by atoms with Gasteiger partial charge < -0.3 is 15.3 Å². The van der Waals surface area contributed by atoms with Crippen LogP contribution in [0.5, 0.6) is 5.75 Å². The predicted octanol–water partition coefficient (Wildman–Crippen LogP) is 4.98. The molecule has 3 aromatic rings. The third kappa shape index (κ3) is 6.07. The molecule has 0 aliphatic carbocycles. The topological polar surface area (TPSA) is 65.5 Å². The maximum Gasteiger partial charge on any atom is 0.270 e. The minimum atomic E-state index is -0.927. The number of nitrogens with zero attached hydrogens (tertiary/aromatic N) is 2. The molecule has 1 atom stereocenters. The largest absolute Gasteiger partial charge is 0.508 e. The smallest absolute Gasteiger partial charge is 0.270 e. The highest BCUT2D eigenvalue weighted by Gasteiger charge is 2.27. The summed E-state index contributed by atoms with van der Waals surface area (Å²) in [5, 5.41) is 13.2. The number of carbonyl (C=O) groups is 1. The van der Waals surface area contributed by atoms with Crippen molar-refractivity contribution in [1.29, 1.82) is 0 Å². The van der Waals surface area contributed by atoms with E-state index < -0.39 is 23.6 Å². The number of hydrogen-bond donors (Lipinski definition) is 2. The first-order chi connectivity index (χ1) is 17.1. The first-order valence-corrected chi connectivity index (χ1v) is 11.9. The number of phenols is 1. The number of halogens is 2. The normalized spacial score (nSPS) is 16.0. The molecule has 2 heterocycles. The SMILES string of the molecule is Cc1cc(C#CC2(C)CCN(C)CC2)cc(C(=O)NC(c2ccc(F)cc2)c2cc(F)ccc2O)n1. The summed E-state index contributed by atoms with van der Waals surface area (Å²) in [6.07, 6.45) is 1.95. The number of phenolic OH excluding ortho intramolecular Hbond substituents is 1. The fourth-order valence-electron chi connectivity index (χ4n) is 4.27. The maximum absolute atomic E-state index is 14.0. The number of nitrogens with one attached hydrogen (secondary N) is 1. The monoisotopic (exact) mass is 489 g/mol. The maximum atomic E-state index is 14.0. The lowest BCUT2D eigenvalue weighted by molar-refractivity contribution is 0.0937. The molecule has 0 bridgehead atoms. The van der Waals surface area contributed by atoms with Crippen LogP contribution in [0.15, 0.2) is 54.6 Å². The summed E-state index contributed by atoms with van der Waals surface area (Å²) in [6.45, 7) is 5.93. The first kappa shape index (κ1) is 25.3. The predicted molar refractivity (Wildman–Crippen MR) is 134 cm³/mol. The fourth-order valence-corrected chi connectivity index (χ4v) is 4.27. The highest BCUT2D eigenvalue weighted by Crippen LogP contribution is 2.31. The number of rotatable bonds is 4. The van der Waals surface area contributed by atoms with Crippen molar-refractivity contribution in [3.8, 4) is 17.6 Å². The van der Waals surface area contributed by atoms with E-state index in [0.29, 0.717) is 16.8 Å². The number of carbonyl (C=O) groups excluding carboxylic acids is 1. The molecule has 1 aromatic heterocycles. The van der Waals surface area contributed by atoms with Gasteiger partial charge in [0.15, 0.2) is 0 Å². The second-order valence-corrected chi connectivity index (χ2v) is 9.66. The van der Waals surface area contributed by atoms with Crippen LogP contribution in [0.25, 0.3) is 0 Å². The van der Waals surface area contributed by atoms with E-state index >= 15 is 0 Å². The molecule has 2 aromatic carbocycles. The van der Waals surface area contributed by atoms with Crippen LogP contribution in [0.3, 0.4) is 0 Å². The molecular weight excluding hydrogens is 460 g/mol. The van der Waals surface area contributed by atoms with Crippen molar-refractivity contribution in [3.05, 3.63) is 94.3 Å². The van der Waals surface area contributed by atoms with E-state index in [2.05, 4.69) is 41.0 Å². The van der Waals surface area contributed by atoms with Crippen molar-refractivity contribution < 1.29 is 18.7 Å². The second kappa shape index (κ2) is 10.5. The van der Waals surface area contributed by atoms with Crippen LogP contribution in [-0.2, 0) is 0 Å².